The highest BCUT2D eigenvalue weighted by Crippen LogP contribution is 2.46. The van der Waals surface area contributed by atoms with Crippen molar-refractivity contribution in [1.29, 1.82) is 0 Å². The Kier molecular flexibility index (Phi) is 7.66. The van der Waals surface area contributed by atoms with E-state index in [2.05, 4.69) is 16.0 Å². The first kappa shape index (κ1) is 27.5. The summed E-state index contributed by atoms with van der Waals surface area (Å²) in [6, 6.07) is 20.7. The standard InChI is InChI=1S/C35H34N2O5/c1-41-27-15-12-22(13-16-27)31(38)20-36-34(39)26-18-24-10-6-7-11-28(24)33-32(23-8-4-3-5-9-23)29-17-14-25(35(40)42-2)19-30(29)37(33)21-26/h6-7,10-19,23H,3-5,8-9,20-21H2,1-2H3,(H,36,39). The molecular formula is C35H34N2O5. The minimum Gasteiger partial charge on any atom is -0.497 e. The molecule has 6 rings (SSSR count). The van der Waals surface area contributed by atoms with Gasteiger partial charge in [0, 0.05) is 27.6 Å². The maximum Gasteiger partial charge on any atom is 0.337 e. The smallest absolute Gasteiger partial charge is 0.337 e. The van der Waals surface area contributed by atoms with Gasteiger partial charge in [-0.15, -0.1) is 0 Å². The minimum atomic E-state index is -0.397. The van der Waals surface area contributed by atoms with E-state index >= 15 is 0 Å². The Balaban J connectivity index is 1.41. The predicted octanol–water partition coefficient (Wildman–Crippen LogP) is 6.55. The highest BCUT2D eigenvalue weighted by molar-refractivity contribution is 6.06. The third-order valence-corrected chi connectivity index (χ3v) is 8.53. The van der Waals surface area contributed by atoms with E-state index in [0.717, 1.165) is 40.6 Å². The van der Waals surface area contributed by atoms with Gasteiger partial charge in [0.1, 0.15) is 5.75 Å². The van der Waals surface area contributed by atoms with E-state index in [1.54, 1.807) is 31.4 Å². The molecule has 0 spiro atoms. The van der Waals surface area contributed by atoms with Crippen molar-refractivity contribution in [2.24, 2.45) is 0 Å². The number of esters is 1. The zero-order valence-electron chi connectivity index (χ0n) is 23.9. The average molecular weight is 563 g/mol. The number of hydrogen-bond acceptors (Lipinski definition) is 5. The molecule has 7 nitrogen and oxygen atoms in total. The summed E-state index contributed by atoms with van der Waals surface area (Å²) in [6.07, 6.45) is 7.77. The van der Waals surface area contributed by atoms with Gasteiger partial charge >= 0.3 is 5.97 Å². The SMILES string of the molecule is COC(=O)c1ccc2c(C3CCCCC3)c3n(c2c1)CC(C(=O)NCC(=O)c1ccc(OC)cc1)=Cc1ccccc1-3. The number of nitrogens with zero attached hydrogens (tertiary/aromatic N) is 1. The highest BCUT2D eigenvalue weighted by Gasteiger charge is 2.30. The number of nitrogens with one attached hydrogen (secondary N) is 1. The van der Waals surface area contributed by atoms with Crippen molar-refractivity contribution in [3.05, 3.63) is 94.6 Å². The average Bonchev–Trinajstić information content (AvgIpc) is 3.25. The summed E-state index contributed by atoms with van der Waals surface area (Å²) in [7, 11) is 2.96. The molecule has 1 fully saturated rings. The van der Waals surface area contributed by atoms with E-state index in [-0.39, 0.29) is 18.2 Å². The number of methoxy groups -OCH3 is 2. The fourth-order valence-corrected chi connectivity index (χ4v) is 6.41. The van der Waals surface area contributed by atoms with Gasteiger partial charge in [0.2, 0.25) is 5.91 Å². The van der Waals surface area contributed by atoms with Crippen molar-refractivity contribution in [3.8, 4) is 17.0 Å². The Morgan fingerprint density at radius 3 is 2.38 bits per heavy atom. The molecule has 4 aromatic rings. The van der Waals surface area contributed by atoms with Crippen molar-refractivity contribution in [1.82, 2.24) is 9.88 Å². The number of fused-ring (bicyclic) bond motifs is 5. The number of carbonyl (C=O) groups excluding carboxylic acids is 3. The van der Waals surface area contributed by atoms with Crippen LogP contribution in [0.2, 0.25) is 0 Å². The molecule has 42 heavy (non-hydrogen) atoms. The maximum atomic E-state index is 13.6. The zero-order chi connectivity index (χ0) is 29.2. The molecule has 2 aliphatic rings. The van der Waals surface area contributed by atoms with Gasteiger partial charge in [-0.2, -0.15) is 0 Å². The van der Waals surface area contributed by atoms with Gasteiger partial charge in [-0.3, -0.25) is 9.59 Å². The predicted molar refractivity (Wildman–Crippen MR) is 163 cm³/mol. The molecule has 0 atom stereocenters. The molecule has 0 unspecified atom stereocenters. The Morgan fingerprint density at radius 2 is 1.64 bits per heavy atom. The number of Topliss-reactive ketones (excluding diaryl/α,β-unsaturated/α-hetero) is 1. The van der Waals surface area contributed by atoms with Gasteiger partial charge in [0.05, 0.1) is 38.6 Å². The number of carbonyl (C=O) groups is 3. The number of hydrogen-bond donors (Lipinski definition) is 1. The molecule has 0 radical (unpaired) electrons. The van der Waals surface area contributed by atoms with E-state index in [4.69, 9.17) is 9.47 Å². The second-order valence-electron chi connectivity index (χ2n) is 11.0. The fourth-order valence-electron chi connectivity index (χ4n) is 6.41. The van der Waals surface area contributed by atoms with Crippen LogP contribution in [0.1, 0.15) is 69.9 Å². The number of amides is 1. The second kappa shape index (κ2) is 11.7. The van der Waals surface area contributed by atoms with Crippen molar-refractivity contribution < 1.29 is 23.9 Å². The Bertz CT molecular complexity index is 1710. The molecule has 3 aromatic carbocycles. The molecule has 1 saturated carbocycles. The molecule has 7 heteroatoms. The second-order valence-corrected chi connectivity index (χ2v) is 11.0. The molecule has 1 aliphatic heterocycles. The van der Waals surface area contributed by atoms with Crippen molar-refractivity contribution in [2.75, 3.05) is 20.8 Å². The maximum absolute atomic E-state index is 13.6. The van der Waals surface area contributed by atoms with Gasteiger partial charge < -0.3 is 19.4 Å². The van der Waals surface area contributed by atoms with Crippen molar-refractivity contribution in [3.63, 3.8) is 0 Å². The van der Waals surface area contributed by atoms with Crippen LogP contribution in [0.25, 0.3) is 28.2 Å². The Labute approximate surface area is 245 Å². The number of ketones is 1. The van der Waals surface area contributed by atoms with Crippen LogP contribution in [0, 0.1) is 0 Å². The van der Waals surface area contributed by atoms with Gasteiger partial charge in [-0.1, -0.05) is 49.6 Å². The lowest BCUT2D eigenvalue weighted by Crippen LogP contribution is -2.31. The number of benzene rings is 3. The van der Waals surface area contributed by atoms with Crippen molar-refractivity contribution >= 4 is 34.6 Å². The van der Waals surface area contributed by atoms with Crippen LogP contribution in [-0.2, 0) is 16.1 Å². The van der Waals surface area contributed by atoms with Crippen LogP contribution in [-0.4, -0.2) is 43.0 Å². The number of rotatable bonds is 7. The lowest BCUT2D eigenvalue weighted by molar-refractivity contribution is -0.117. The van der Waals surface area contributed by atoms with Crippen LogP contribution < -0.4 is 10.1 Å². The summed E-state index contributed by atoms with van der Waals surface area (Å²) in [4.78, 5) is 39.0. The summed E-state index contributed by atoms with van der Waals surface area (Å²) in [5.74, 6) is 0.175. The van der Waals surface area contributed by atoms with Gasteiger partial charge in [0.15, 0.2) is 5.78 Å². The zero-order valence-corrected chi connectivity index (χ0v) is 23.9. The van der Waals surface area contributed by atoms with E-state index < -0.39 is 5.97 Å². The normalized spacial score (nSPS) is 14.8. The van der Waals surface area contributed by atoms with Crippen LogP contribution in [0.15, 0.2) is 72.3 Å². The summed E-state index contributed by atoms with van der Waals surface area (Å²) >= 11 is 0. The summed E-state index contributed by atoms with van der Waals surface area (Å²) in [6.45, 7) is 0.184. The van der Waals surface area contributed by atoms with Crippen LogP contribution in [0.4, 0.5) is 0 Å². The molecule has 1 N–H and O–H groups in total. The minimum absolute atomic E-state index is 0.122. The van der Waals surface area contributed by atoms with Crippen LogP contribution in [0.5, 0.6) is 5.75 Å². The van der Waals surface area contributed by atoms with Gasteiger partial charge in [-0.05, 0) is 72.4 Å². The van der Waals surface area contributed by atoms with Crippen molar-refractivity contribution in [2.45, 2.75) is 44.6 Å². The fraction of sp³-hybridized carbons (Fsp3) is 0.286. The molecule has 1 aromatic heterocycles. The molecule has 214 valence electrons. The quantitative estimate of drug-likeness (QED) is 0.204. The van der Waals surface area contributed by atoms with Crippen LogP contribution >= 0.6 is 0 Å². The van der Waals surface area contributed by atoms with E-state index in [1.165, 1.54) is 31.9 Å². The molecular weight excluding hydrogens is 528 g/mol. The summed E-state index contributed by atoms with van der Waals surface area (Å²) < 4.78 is 12.4. The molecule has 2 heterocycles. The molecule has 0 saturated heterocycles. The largest absolute Gasteiger partial charge is 0.497 e. The third-order valence-electron chi connectivity index (χ3n) is 8.53. The van der Waals surface area contributed by atoms with Gasteiger partial charge in [0.25, 0.3) is 0 Å². The number of ether oxygens (including phenoxy) is 2. The molecule has 1 aliphatic carbocycles. The first-order valence-electron chi connectivity index (χ1n) is 14.5. The summed E-state index contributed by atoms with van der Waals surface area (Å²) in [5.41, 5.74) is 6.82. The molecule has 1 amide bonds. The molecule has 0 bridgehead atoms. The first-order chi connectivity index (χ1) is 20.5. The van der Waals surface area contributed by atoms with Crippen LogP contribution in [0.3, 0.4) is 0 Å². The van der Waals surface area contributed by atoms with E-state index in [9.17, 15) is 14.4 Å². The lowest BCUT2D eigenvalue weighted by Gasteiger charge is -2.24. The van der Waals surface area contributed by atoms with E-state index in [0.29, 0.717) is 34.9 Å². The third kappa shape index (κ3) is 5.11. The lowest BCUT2D eigenvalue weighted by atomic mass is 9.81. The topological polar surface area (TPSA) is 86.6 Å². The number of aromatic nitrogens is 1. The first-order valence-corrected chi connectivity index (χ1v) is 14.5. The van der Waals surface area contributed by atoms with Gasteiger partial charge in [-0.25, -0.2) is 4.79 Å². The Hall–Kier alpha value is -4.65. The van der Waals surface area contributed by atoms with E-state index in [1.807, 2.05) is 42.5 Å². The highest BCUT2D eigenvalue weighted by atomic mass is 16.5. The summed E-state index contributed by atoms with van der Waals surface area (Å²) in [5, 5.41) is 3.96. The monoisotopic (exact) mass is 562 g/mol. The Morgan fingerprint density at radius 1 is 0.905 bits per heavy atom.